The van der Waals surface area contributed by atoms with Crippen molar-refractivity contribution in [2.75, 3.05) is 13.1 Å². The van der Waals surface area contributed by atoms with E-state index in [1.165, 1.54) is 10.4 Å². The Morgan fingerprint density at radius 3 is 3.00 bits per heavy atom. The van der Waals surface area contributed by atoms with Crippen molar-refractivity contribution in [1.29, 1.82) is 0 Å². The lowest BCUT2D eigenvalue weighted by Gasteiger charge is -2.32. The van der Waals surface area contributed by atoms with Crippen LogP contribution in [0.2, 0.25) is 0 Å². The van der Waals surface area contributed by atoms with Crippen LogP contribution < -0.4 is 4.74 Å². The Morgan fingerprint density at radius 1 is 1.43 bits per heavy atom. The number of hydrogen-bond acceptors (Lipinski definition) is 5. The minimum Gasteiger partial charge on any atom is -0.458 e. The number of thiophene rings is 1. The van der Waals surface area contributed by atoms with Crippen LogP contribution in [0.1, 0.15) is 29.7 Å². The Labute approximate surface area is 140 Å². The van der Waals surface area contributed by atoms with Gasteiger partial charge >= 0.3 is 6.01 Å². The molecule has 1 atom stereocenters. The van der Waals surface area contributed by atoms with E-state index in [0.29, 0.717) is 19.0 Å². The Kier molecular flexibility index (Phi) is 5.23. The standard InChI is InChI=1S/C17H21N3O2S/c1-13-7-11-23-15(13)5-6-16(21)20-10-2-4-14(12-20)22-17-18-8-3-9-19-17/h3,7-9,11,14H,2,4-6,10,12H2,1H3. The fourth-order valence-corrected chi connectivity index (χ4v) is 3.71. The molecule has 5 nitrogen and oxygen atoms in total. The second kappa shape index (κ2) is 7.55. The number of likely N-dealkylation sites (tertiary alicyclic amines) is 1. The molecule has 0 bridgehead atoms. The van der Waals surface area contributed by atoms with Crippen molar-refractivity contribution in [2.45, 2.75) is 38.7 Å². The van der Waals surface area contributed by atoms with Gasteiger partial charge in [-0.15, -0.1) is 11.3 Å². The summed E-state index contributed by atoms with van der Waals surface area (Å²) in [4.78, 5) is 23.8. The van der Waals surface area contributed by atoms with Crippen molar-refractivity contribution in [3.8, 4) is 6.01 Å². The summed E-state index contributed by atoms with van der Waals surface area (Å²) >= 11 is 1.73. The van der Waals surface area contributed by atoms with Crippen molar-refractivity contribution < 1.29 is 9.53 Å². The number of piperidine rings is 1. The largest absolute Gasteiger partial charge is 0.458 e. The number of aryl methyl sites for hydroxylation is 2. The van der Waals surface area contributed by atoms with Gasteiger partial charge in [0.15, 0.2) is 0 Å². The topological polar surface area (TPSA) is 55.3 Å². The van der Waals surface area contributed by atoms with Crippen molar-refractivity contribution in [3.05, 3.63) is 40.3 Å². The highest BCUT2D eigenvalue weighted by molar-refractivity contribution is 7.10. The number of ether oxygens (including phenoxy) is 1. The molecule has 2 aromatic rings. The molecule has 1 fully saturated rings. The van der Waals surface area contributed by atoms with E-state index in [9.17, 15) is 4.79 Å². The zero-order chi connectivity index (χ0) is 16.1. The van der Waals surface area contributed by atoms with Crippen LogP contribution >= 0.6 is 11.3 Å². The maximum atomic E-state index is 12.4. The molecule has 3 heterocycles. The first-order valence-electron chi connectivity index (χ1n) is 7.97. The minimum absolute atomic E-state index is 0.0152. The quantitative estimate of drug-likeness (QED) is 0.845. The summed E-state index contributed by atoms with van der Waals surface area (Å²) in [6.45, 7) is 3.54. The average Bonchev–Trinajstić information content (AvgIpc) is 2.99. The molecule has 1 aliphatic rings. The first-order valence-corrected chi connectivity index (χ1v) is 8.85. The third-order valence-corrected chi connectivity index (χ3v) is 5.16. The van der Waals surface area contributed by atoms with Crippen LogP contribution in [-0.4, -0.2) is 40.0 Å². The first-order chi connectivity index (χ1) is 11.2. The highest BCUT2D eigenvalue weighted by atomic mass is 32.1. The maximum Gasteiger partial charge on any atom is 0.316 e. The van der Waals surface area contributed by atoms with Crippen molar-refractivity contribution in [2.24, 2.45) is 0 Å². The van der Waals surface area contributed by atoms with E-state index in [1.54, 1.807) is 29.8 Å². The predicted molar refractivity (Wildman–Crippen MR) is 89.6 cm³/mol. The molecule has 1 unspecified atom stereocenters. The van der Waals surface area contributed by atoms with Crippen LogP contribution in [0.3, 0.4) is 0 Å². The summed E-state index contributed by atoms with van der Waals surface area (Å²) < 4.78 is 5.79. The van der Waals surface area contributed by atoms with E-state index >= 15 is 0 Å². The Morgan fingerprint density at radius 2 is 2.26 bits per heavy atom. The molecule has 0 N–H and O–H groups in total. The minimum atomic E-state index is -0.0152. The van der Waals surface area contributed by atoms with E-state index in [0.717, 1.165) is 25.8 Å². The van der Waals surface area contributed by atoms with Gasteiger partial charge in [-0.25, -0.2) is 9.97 Å². The lowest BCUT2D eigenvalue weighted by atomic mass is 10.1. The number of carbonyl (C=O) groups excluding carboxylic acids is 1. The van der Waals surface area contributed by atoms with Gasteiger partial charge in [-0.1, -0.05) is 0 Å². The SMILES string of the molecule is Cc1ccsc1CCC(=O)N1CCCC(Oc2ncccn2)C1. The van der Waals surface area contributed by atoms with E-state index < -0.39 is 0 Å². The normalized spacial score (nSPS) is 18.0. The number of amides is 1. The smallest absolute Gasteiger partial charge is 0.316 e. The summed E-state index contributed by atoms with van der Waals surface area (Å²) in [7, 11) is 0. The molecule has 3 rings (SSSR count). The second-order valence-electron chi connectivity index (χ2n) is 5.78. The van der Waals surface area contributed by atoms with Crippen LogP contribution in [0, 0.1) is 6.92 Å². The highest BCUT2D eigenvalue weighted by Gasteiger charge is 2.25. The van der Waals surface area contributed by atoms with Crippen molar-refractivity contribution in [1.82, 2.24) is 14.9 Å². The van der Waals surface area contributed by atoms with Crippen LogP contribution in [-0.2, 0) is 11.2 Å². The van der Waals surface area contributed by atoms with Gasteiger partial charge < -0.3 is 9.64 Å². The van der Waals surface area contributed by atoms with Gasteiger partial charge in [-0.2, -0.15) is 0 Å². The van der Waals surface area contributed by atoms with Gasteiger partial charge in [0.25, 0.3) is 0 Å². The summed E-state index contributed by atoms with van der Waals surface area (Å²) in [5.41, 5.74) is 1.28. The molecule has 0 aliphatic carbocycles. The van der Waals surface area contributed by atoms with E-state index in [1.807, 2.05) is 4.90 Å². The van der Waals surface area contributed by atoms with E-state index in [2.05, 4.69) is 28.3 Å². The molecule has 1 aliphatic heterocycles. The summed E-state index contributed by atoms with van der Waals surface area (Å²) in [5, 5.41) is 2.08. The van der Waals surface area contributed by atoms with Crippen molar-refractivity contribution in [3.63, 3.8) is 0 Å². The number of rotatable bonds is 5. The summed E-state index contributed by atoms with van der Waals surface area (Å²) in [6.07, 6.45) is 6.60. The molecule has 0 radical (unpaired) electrons. The fraction of sp³-hybridized carbons (Fsp3) is 0.471. The number of aromatic nitrogens is 2. The summed E-state index contributed by atoms with van der Waals surface area (Å²) in [5.74, 6) is 0.208. The van der Waals surface area contributed by atoms with Gasteiger partial charge in [0.05, 0.1) is 6.54 Å². The molecule has 6 heteroatoms. The van der Waals surface area contributed by atoms with Crippen LogP contribution in [0.25, 0.3) is 0 Å². The van der Waals surface area contributed by atoms with Gasteiger partial charge in [-0.05, 0) is 49.3 Å². The summed E-state index contributed by atoms with van der Waals surface area (Å²) in [6, 6.07) is 4.26. The molecule has 1 amide bonds. The Bertz CT molecular complexity index is 644. The molecule has 1 saturated heterocycles. The lowest BCUT2D eigenvalue weighted by molar-refractivity contribution is -0.133. The molecule has 0 aromatic carbocycles. The number of carbonyl (C=O) groups is 1. The monoisotopic (exact) mass is 331 g/mol. The molecule has 122 valence electrons. The third kappa shape index (κ3) is 4.28. The van der Waals surface area contributed by atoms with E-state index in [-0.39, 0.29) is 12.0 Å². The maximum absolute atomic E-state index is 12.4. The molecular formula is C17H21N3O2S. The zero-order valence-corrected chi connectivity index (χ0v) is 14.1. The van der Waals surface area contributed by atoms with Crippen molar-refractivity contribution >= 4 is 17.2 Å². The number of hydrogen-bond donors (Lipinski definition) is 0. The van der Waals surface area contributed by atoms with Gasteiger partial charge in [0.1, 0.15) is 6.10 Å². The highest BCUT2D eigenvalue weighted by Crippen LogP contribution is 2.20. The van der Waals surface area contributed by atoms with Gasteiger partial charge in [0, 0.05) is 30.2 Å². The van der Waals surface area contributed by atoms with Crippen LogP contribution in [0.15, 0.2) is 29.9 Å². The fourth-order valence-electron chi connectivity index (χ4n) is 2.80. The molecular weight excluding hydrogens is 310 g/mol. The predicted octanol–water partition coefficient (Wildman–Crippen LogP) is 2.85. The van der Waals surface area contributed by atoms with Crippen LogP contribution in [0.4, 0.5) is 0 Å². The average molecular weight is 331 g/mol. The molecule has 2 aromatic heterocycles. The lowest BCUT2D eigenvalue weighted by Crippen LogP contribution is -2.44. The zero-order valence-electron chi connectivity index (χ0n) is 13.3. The van der Waals surface area contributed by atoms with Gasteiger partial charge in [-0.3, -0.25) is 4.79 Å². The van der Waals surface area contributed by atoms with E-state index in [4.69, 9.17) is 4.74 Å². The molecule has 0 spiro atoms. The Hall–Kier alpha value is -1.95. The van der Waals surface area contributed by atoms with Crippen LogP contribution in [0.5, 0.6) is 6.01 Å². The number of nitrogens with zero attached hydrogens (tertiary/aromatic N) is 3. The third-order valence-electron chi connectivity index (χ3n) is 4.08. The molecule has 0 saturated carbocycles. The Balaban J connectivity index is 1.51. The van der Waals surface area contributed by atoms with Gasteiger partial charge in [0.2, 0.25) is 5.91 Å². The second-order valence-corrected chi connectivity index (χ2v) is 6.78. The first kappa shape index (κ1) is 15.9. The molecule has 23 heavy (non-hydrogen) atoms.